The van der Waals surface area contributed by atoms with Crippen molar-refractivity contribution in [3.05, 3.63) is 28.2 Å². The van der Waals surface area contributed by atoms with Gasteiger partial charge in [0.05, 0.1) is 6.61 Å². The monoisotopic (exact) mass is 325 g/mol. The van der Waals surface area contributed by atoms with Crippen LogP contribution in [0.25, 0.3) is 0 Å². The fourth-order valence-corrected chi connectivity index (χ4v) is 3.26. The third kappa shape index (κ3) is 3.73. The van der Waals surface area contributed by atoms with Gasteiger partial charge in [-0.25, -0.2) is 0 Å². The lowest BCUT2D eigenvalue weighted by Crippen LogP contribution is -2.41. The Kier molecular flexibility index (Phi) is 5.28. The first kappa shape index (κ1) is 14.9. The molecule has 1 saturated heterocycles. The topological polar surface area (TPSA) is 21.3 Å². The van der Waals surface area contributed by atoms with E-state index in [1.807, 2.05) is 0 Å². The lowest BCUT2D eigenvalue weighted by Gasteiger charge is -2.29. The summed E-state index contributed by atoms with van der Waals surface area (Å²) >= 11 is 3.58. The summed E-state index contributed by atoms with van der Waals surface area (Å²) in [5.41, 5.74) is 1.59. The summed E-state index contributed by atoms with van der Waals surface area (Å²) < 4.78 is 7.03. The van der Waals surface area contributed by atoms with Gasteiger partial charge in [-0.15, -0.1) is 0 Å². The molecule has 0 amide bonds. The van der Waals surface area contributed by atoms with Gasteiger partial charge in [0.2, 0.25) is 0 Å². The summed E-state index contributed by atoms with van der Waals surface area (Å²) in [4.78, 5) is 0. The van der Waals surface area contributed by atoms with Gasteiger partial charge >= 0.3 is 0 Å². The molecular formula is C16H24BrNO. The van der Waals surface area contributed by atoms with E-state index in [1.54, 1.807) is 0 Å². The minimum Gasteiger partial charge on any atom is -0.493 e. The second-order valence-corrected chi connectivity index (χ2v) is 6.36. The molecule has 0 saturated carbocycles. The van der Waals surface area contributed by atoms with E-state index in [2.05, 4.69) is 53.3 Å². The highest BCUT2D eigenvalue weighted by molar-refractivity contribution is 9.10. The smallest absolute Gasteiger partial charge is 0.122 e. The zero-order chi connectivity index (χ0) is 13.7. The number of rotatable bonds is 6. The van der Waals surface area contributed by atoms with Crippen LogP contribution in [0.3, 0.4) is 0 Å². The molecule has 1 aliphatic heterocycles. The van der Waals surface area contributed by atoms with Crippen LogP contribution in [0, 0.1) is 0 Å². The first-order valence-corrected chi connectivity index (χ1v) is 8.14. The third-order valence-electron chi connectivity index (χ3n) is 4.02. The lowest BCUT2D eigenvalue weighted by molar-refractivity contribution is 0.304. The number of halogens is 1. The molecule has 106 valence electrons. The number of nitrogens with one attached hydrogen (secondary N) is 1. The number of hydrogen-bond acceptors (Lipinski definition) is 2. The highest BCUT2D eigenvalue weighted by Gasteiger charge is 2.32. The van der Waals surface area contributed by atoms with Gasteiger partial charge in [0.25, 0.3) is 0 Å². The van der Waals surface area contributed by atoms with Gasteiger partial charge in [-0.3, -0.25) is 0 Å². The minimum atomic E-state index is 0.269. The average molecular weight is 326 g/mol. The quantitative estimate of drug-likeness (QED) is 0.841. The third-order valence-corrected chi connectivity index (χ3v) is 4.52. The van der Waals surface area contributed by atoms with Crippen LogP contribution in [0.5, 0.6) is 5.75 Å². The molecule has 2 nitrogen and oxygen atoms in total. The number of ether oxygens (including phenoxy) is 1. The summed E-state index contributed by atoms with van der Waals surface area (Å²) in [7, 11) is 0. The van der Waals surface area contributed by atoms with Crippen LogP contribution in [0.1, 0.15) is 45.1 Å². The Morgan fingerprint density at radius 2 is 2.21 bits per heavy atom. The maximum Gasteiger partial charge on any atom is 0.122 e. The maximum atomic E-state index is 5.89. The predicted molar refractivity (Wildman–Crippen MR) is 83.9 cm³/mol. The van der Waals surface area contributed by atoms with Crippen molar-refractivity contribution in [3.63, 3.8) is 0 Å². The molecule has 1 N–H and O–H groups in total. The van der Waals surface area contributed by atoms with Crippen LogP contribution in [-0.4, -0.2) is 18.7 Å². The van der Waals surface area contributed by atoms with E-state index < -0.39 is 0 Å². The van der Waals surface area contributed by atoms with Crippen LogP contribution in [0.2, 0.25) is 0 Å². The van der Waals surface area contributed by atoms with Gasteiger partial charge in [-0.1, -0.05) is 29.8 Å². The largest absolute Gasteiger partial charge is 0.493 e. The van der Waals surface area contributed by atoms with Crippen molar-refractivity contribution in [2.45, 2.75) is 51.5 Å². The molecule has 1 unspecified atom stereocenters. The first-order chi connectivity index (χ1) is 9.19. The molecule has 1 heterocycles. The molecular weight excluding hydrogens is 302 g/mol. The maximum absolute atomic E-state index is 5.89. The van der Waals surface area contributed by atoms with Crippen molar-refractivity contribution in [2.75, 3.05) is 13.2 Å². The molecule has 1 aromatic rings. The molecule has 0 aliphatic carbocycles. The molecule has 0 aromatic heterocycles. The summed E-state index contributed by atoms with van der Waals surface area (Å²) in [6.07, 6.45) is 5.83. The lowest BCUT2D eigenvalue weighted by atomic mass is 9.86. The summed E-state index contributed by atoms with van der Waals surface area (Å²) in [5, 5.41) is 3.70. The predicted octanol–water partition coefficient (Wildman–Crippen LogP) is 4.31. The second-order valence-electron chi connectivity index (χ2n) is 5.44. The fourth-order valence-electron chi connectivity index (χ4n) is 2.85. The summed E-state index contributed by atoms with van der Waals surface area (Å²) in [6.45, 7) is 6.36. The van der Waals surface area contributed by atoms with Crippen LogP contribution in [-0.2, 0) is 6.42 Å². The molecule has 1 fully saturated rings. The van der Waals surface area contributed by atoms with Crippen LogP contribution in [0.15, 0.2) is 22.7 Å². The van der Waals surface area contributed by atoms with Gasteiger partial charge in [-0.2, -0.15) is 0 Å². The molecule has 3 heteroatoms. The molecule has 0 spiro atoms. The molecule has 1 aromatic carbocycles. The van der Waals surface area contributed by atoms with E-state index in [-0.39, 0.29) is 5.54 Å². The van der Waals surface area contributed by atoms with E-state index in [0.29, 0.717) is 0 Å². The fraction of sp³-hybridized carbons (Fsp3) is 0.625. The van der Waals surface area contributed by atoms with Crippen LogP contribution < -0.4 is 10.1 Å². The highest BCUT2D eigenvalue weighted by Crippen LogP contribution is 2.32. The van der Waals surface area contributed by atoms with E-state index in [1.165, 1.54) is 24.8 Å². The van der Waals surface area contributed by atoms with Crippen molar-refractivity contribution in [3.8, 4) is 5.75 Å². The van der Waals surface area contributed by atoms with Crippen molar-refractivity contribution in [2.24, 2.45) is 0 Å². The molecule has 1 aliphatic rings. The minimum absolute atomic E-state index is 0.269. The van der Waals surface area contributed by atoms with E-state index >= 15 is 0 Å². The van der Waals surface area contributed by atoms with Gasteiger partial charge in [0, 0.05) is 10.0 Å². The van der Waals surface area contributed by atoms with Crippen molar-refractivity contribution < 1.29 is 4.74 Å². The molecule has 2 rings (SSSR count). The van der Waals surface area contributed by atoms with Crippen molar-refractivity contribution in [1.82, 2.24) is 5.32 Å². The molecule has 1 atom stereocenters. The Morgan fingerprint density at radius 3 is 2.84 bits per heavy atom. The van der Waals surface area contributed by atoms with Gasteiger partial charge in [-0.05, 0) is 62.4 Å². The number of benzene rings is 1. The Balaban J connectivity index is 2.19. The Morgan fingerprint density at radius 1 is 1.37 bits per heavy atom. The van der Waals surface area contributed by atoms with E-state index in [4.69, 9.17) is 4.74 Å². The molecule has 0 bridgehead atoms. The van der Waals surface area contributed by atoms with Crippen molar-refractivity contribution >= 4 is 15.9 Å². The van der Waals surface area contributed by atoms with Gasteiger partial charge in [0.1, 0.15) is 5.75 Å². The second kappa shape index (κ2) is 6.76. The Bertz CT molecular complexity index is 413. The van der Waals surface area contributed by atoms with Crippen LogP contribution in [0.4, 0.5) is 0 Å². The van der Waals surface area contributed by atoms with Gasteiger partial charge in [0.15, 0.2) is 0 Å². The normalized spacial score (nSPS) is 22.7. The summed E-state index contributed by atoms with van der Waals surface area (Å²) in [6, 6.07) is 6.37. The molecule has 19 heavy (non-hydrogen) atoms. The van der Waals surface area contributed by atoms with Gasteiger partial charge < -0.3 is 10.1 Å². The first-order valence-electron chi connectivity index (χ1n) is 7.35. The zero-order valence-electron chi connectivity index (χ0n) is 12.0. The Hall–Kier alpha value is -0.540. The average Bonchev–Trinajstić information content (AvgIpc) is 2.87. The summed E-state index contributed by atoms with van der Waals surface area (Å²) in [5.74, 6) is 1.05. The van der Waals surface area contributed by atoms with E-state index in [9.17, 15) is 0 Å². The Labute approximate surface area is 125 Å². The van der Waals surface area contributed by atoms with Crippen LogP contribution >= 0.6 is 15.9 Å². The SMILES string of the molecule is CCCOc1ccc(Br)cc1CC1(CC)CCCN1. The van der Waals surface area contributed by atoms with Crippen molar-refractivity contribution in [1.29, 1.82) is 0 Å². The highest BCUT2D eigenvalue weighted by atomic mass is 79.9. The molecule has 0 radical (unpaired) electrons. The number of hydrogen-bond donors (Lipinski definition) is 1. The standard InChI is InChI=1S/C16H24BrNO/c1-3-10-19-15-7-6-14(17)11-13(15)12-16(4-2)8-5-9-18-16/h6-7,11,18H,3-5,8-10,12H2,1-2H3. The van der Waals surface area contributed by atoms with E-state index in [0.717, 1.165) is 36.2 Å². The zero-order valence-corrected chi connectivity index (χ0v) is 13.6.